The van der Waals surface area contributed by atoms with Crippen molar-refractivity contribution in [2.45, 2.75) is 90.9 Å². The van der Waals surface area contributed by atoms with E-state index >= 15 is 0 Å². The minimum Gasteiger partial charge on any atom is -0.457 e. The standard InChI is InChI=1S/C70H65N5O/c1-67(2,3)49-31-32-71-65(39-49)74-61-24-18-17-23-55(61)56-28-27-53(43-64(56)74)76-54-38-50(68(4,5)6)37-51(40-54)72-33-34-73(44-72)52-41-59-66-60(42-52)70(9,10)58-36-48(46-21-15-12-16-22-46)26-30-63(58)75(66)62-29-25-47(35-57(62)69(59,7)8)45-19-13-11-14-20-45/h11-43H,44H2,1-10H3. The summed E-state index contributed by atoms with van der Waals surface area (Å²) in [5.41, 5.74) is 20.1. The van der Waals surface area contributed by atoms with E-state index in [9.17, 15) is 0 Å². The molecule has 5 heterocycles. The van der Waals surface area contributed by atoms with E-state index in [1.807, 2.05) is 6.20 Å². The third-order valence-corrected chi connectivity index (χ3v) is 16.6. The van der Waals surface area contributed by atoms with Gasteiger partial charge < -0.3 is 19.4 Å². The van der Waals surface area contributed by atoms with Crippen LogP contribution >= 0.6 is 0 Å². The van der Waals surface area contributed by atoms with Crippen LogP contribution in [0.25, 0.3) is 49.9 Å². The molecule has 6 heteroatoms. The van der Waals surface area contributed by atoms with Gasteiger partial charge in [-0.15, -0.1) is 0 Å². The first-order valence-electron chi connectivity index (χ1n) is 26.9. The second-order valence-corrected chi connectivity index (χ2v) is 24.3. The van der Waals surface area contributed by atoms with Crippen molar-refractivity contribution in [3.8, 4) is 39.6 Å². The Labute approximate surface area is 448 Å². The molecule has 13 rings (SSSR count). The topological polar surface area (TPSA) is 36.8 Å². The monoisotopic (exact) mass is 992 g/mol. The van der Waals surface area contributed by atoms with E-state index in [4.69, 9.17) is 9.72 Å². The van der Waals surface area contributed by atoms with Gasteiger partial charge in [0.25, 0.3) is 0 Å². The maximum Gasteiger partial charge on any atom is 0.137 e. The molecule has 8 aromatic carbocycles. The summed E-state index contributed by atoms with van der Waals surface area (Å²) in [4.78, 5) is 12.3. The highest BCUT2D eigenvalue weighted by Gasteiger charge is 2.46. The van der Waals surface area contributed by atoms with Crippen molar-refractivity contribution in [1.82, 2.24) is 9.55 Å². The van der Waals surface area contributed by atoms with E-state index in [0.29, 0.717) is 6.67 Å². The maximum atomic E-state index is 6.98. The van der Waals surface area contributed by atoms with Crippen molar-refractivity contribution >= 4 is 50.2 Å². The Morgan fingerprint density at radius 2 is 1.00 bits per heavy atom. The molecule has 76 heavy (non-hydrogen) atoms. The average molecular weight is 992 g/mol. The predicted octanol–water partition coefficient (Wildman–Crippen LogP) is 18.4. The Bertz CT molecular complexity index is 3860. The lowest BCUT2D eigenvalue weighted by Gasteiger charge is -2.50. The lowest BCUT2D eigenvalue weighted by molar-refractivity contribution is 0.479. The smallest absolute Gasteiger partial charge is 0.137 e. The van der Waals surface area contributed by atoms with Crippen molar-refractivity contribution in [3.63, 3.8) is 0 Å². The number of hydrogen-bond donors (Lipinski definition) is 0. The summed E-state index contributed by atoms with van der Waals surface area (Å²) >= 11 is 0. The van der Waals surface area contributed by atoms with Crippen LogP contribution in [-0.2, 0) is 21.7 Å². The summed E-state index contributed by atoms with van der Waals surface area (Å²) in [6.45, 7) is 23.9. The van der Waals surface area contributed by atoms with Crippen LogP contribution in [0.1, 0.15) is 103 Å². The van der Waals surface area contributed by atoms with Gasteiger partial charge in [-0.2, -0.15) is 0 Å². The Morgan fingerprint density at radius 3 is 1.59 bits per heavy atom. The second-order valence-electron chi connectivity index (χ2n) is 24.3. The van der Waals surface area contributed by atoms with E-state index < -0.39 is 0 Å². The molecule has 0 amide bonds. The fourth-order valence-corrected chi connectivity index (χ4v) is 12.1. The average Bonchev–Trinajstić information content (AvgIpc) is 4.05. The highest BCUT2D eigenvalue weighted by molar-refractivity contribution is 6.09. The fourth-order valence-electron chi connectivity index (χ4n) is 12.1. The molecule has 376 valence electrons. The molecule has 0 radical (unpaired) electrons. The van der Waals surface area contributed by atoms with Crippen LogP contribution in [-0.4, -0.2) is 16.2 Å². The number of nitrogens with zero attached hydrogens (tertiary/aromatic N) is 5. The van der Waals surface area contributed by atoms with Crippen LogP contribution in [0.15, 0.2) is 201 Å². The summed E-state index contributed by atoms with van der Waals surface area (Å²) in [6.07, 6.45) is 6.41. The van der Waals surface area contributed by atoms with E-state index in [0.717, 1.165) is 39.4 Å². The van der Waals surface area contributed by atoms with Crippen molar-refractivity contribution in [2.24, 2.45) is 0 Å². The highest BCUT2D eigenvalue weighted by atomic mass is 16.5. The first kappa shape index (κ1) is 47.4. The van der Waals surface area contributed by atoms with Gasteiger partial charge in [0, 0.05) is 63.7 Å². The van der Waals surface area contributed by atoms with Crippen LogP contribution in [0.5, 0.6) is 11.5 Å². The Hall–Kier alpha value is -8.35. The van der Waals surface area contributed by atoms with Crippen molar-refractivity contribution < 1.29 is 4.74 Å². The molecule has 3 aliphatic heterocycles. The summed E-state index contributed by atoms with van der Waals surface area (Å²) in [7, 11) is 0. The third-order valence-electron chi connectivity index (χ3n) is 16.6. The molecule has 0 unspecified atom stereocenters. The van der Waals surface area contributed by atoms with Gasteiger partial charge in [-0.05, 0) is 145 Å². The van der Waals surface area contributed by atoms with E-state index in [1.165, 1.54) is 83.8 Å². The lowest BCUT2D eigenvalue weighted by atomic mass is 9.65. The maximum absolute atomic E-state index is 6.98. The summed E-state index contributed by atoms with van der Waals surface area (Å²) in [5, 5.41) is 2.35. The third kappa shape index (κ3) is 7.71. The number of benzene rings is 8. The zero-order valence-corrected chi connectivity index (χ0v) is 45.4. The molecule has 3 aliphatic rings. The van der Waals surface area contributed by atoms with E-state index in [-0.39, 0.29) is 21.7 Å². The number of rotatable bonds is 7. The number of hydrogen-bond acceptors (Lipinski definition) is 5. The molecular formula is C70H65N5O. The van der Waals surface area contributed by atoms with Gasteiger partial charge in [-0.1, -0.05) is 160 Å². The molecule has 0 saturated carbocycles. The summed E-state index contributed by atoms with van der Waals surface area (Å²) in [6, 6.07) is 66.9. The molecule has 0 aliphatic carbocycles. The van der Waals surface area contributed by atoms with Crippen LogP contribution in [0.3, 0.4) is 0 Å². The van der Waals surface area contributed by atoms with Crippen LogP contribution in [0.4, 0.5) is 28.4 Å². The van der Waals surface area contributed by atoms with Gasteiger partial charge in [-0.25, -0.2) is 4.98 Å². The van der Waals surface area contributed by atoms with Gasteiger partial charge in [0.2, 0.25) is 0 Å². The molecule has 2 aromatic heterocycles. The zero-order chi connectivity index (χ0) is 52.5. The quantitative estimate of drug-likeness (QED) is 0.159. The zero-order valence-electron chi connectivity index (χ0n) is 45.4. The largest absolute Gasteiger partial charge is 0.457 e. The first-order valence-corrected chi connectivity index (χ1v) is 26.9. The molecule has 0 atom stereocenters. The molecule has 0 N–H and O–H groups in total. The molecule has 0 saturated heterocycles. The Morgan fingerprint density at radius 1 is 0.447 bits per heavy atom. The molecule has 0 bridgehead atoms. The summed E-state index contributed by atoms with van der Waals surface area (Å²) in [5.74, 6) is 2.47. The van der Waals surface area contributed by atoms with Crippen molar-refractivity contribution in [2.75, 3.05) is 21.4 Å². The van der Waals surface area contributed by atoms with E-state index in [2.05, 4.69) is 283 Å². The van der Waals surface area contributed by atoms with Crippen molar-refractivity contribution in [3.05, 3.63) is 234 Å². The van der Waals surface area contributed by atoms with E-state index in [1.54, 1.807) is 0 Å². The fraction of sp³-hybridized carbons (Fsp3) is 0.214. The number of ether oxygens (including phenoxy) is 1. The number of anilines is 5. The molecule has 0 spiro atoms. The van der Waals surface area contributed by atoms with Gasteiger partial charge in [0.15, 0.2) is 0 Å². The number of aromatic nitrogens is 2. The second kappa shape index (κ2) is 17.1. The predicted molar refractivity (Wildman–Crippen MR) is 318 cm³/mol. The Kier molecular flexibility index (Phi) is 10.7. The van der Waals surface area contributed by atoms with Crippen LogP contribution in [0.2, 0.25) is 0 Å². The number of pyridine rings is 1. The normalized spacial score (nSPS) is 15.3. The molecule has 10 aromatic rings. The molecule has 6 nitrogen and oxygen atoms in total. The molecular weight excluding hydrogens is 927 g/mol. The van der Waals surface area contributed by atoms with Gasteiger partial charge in [0.1, 0.15) is 17.3 Å². The summed E-state index contributed by atoms with van der Waals surface area (Å²) < 4.78 is 9.26. The van der Waals surface area contributed by atoms with Crippen molar-refractivity contribution in [1.29, 1.82) is 0 Å². The minimum absolute atomic E-state index is 0.0182. The lowest BCUT2D eigenvalue weighted by Crippen LogP contribution is -2.38. The SMILES string of the molecule is CC(C)(C)c1cc(Oc2ccc3c4ccccc4n(-c4cc(C(C)(C)C)ccn4)c3c2)cc(N2C=CN(c3cc4c5c(c3)C(C)(C)c3cc(-c6ccccc6)ccc3N5c3ccc(-c5ccccc5)cc3C4(C)C)C2)c1. The first-order chi connectivity index (χ1) is 36.4. The van der Waals surface area contributed by atoms with Crippen LogP contribution < -0.4 is 19.4 Å². The van der Waals surface area contributed by atoms with Crippen LogP contribution in [0, 0.1) is 0 Å². The number of fused-ring (bicyclic) bond motifs is 7. The van der Waals surface area contributed by atoms with Gasteiger partial charge >= 0.3 is 0 Å². The van der Waals surface area contributed by atoms with Gasteiger partial charge in [0.05, 0.1) is 34.8 Å². The Balaban J connectivity index is 0.886. The minimum atomic E-state index is -0.310. The number of para-hydroxylation sites is 1. The highest BCUT2D eigenvalue weighted by Crippen LogP contribution is 2.61. The molecule has 0 fully saturated rings. The van der Waals surface area contributed by atoms with Gasteiger partial charge in [-0.3, -0.25) is 4.57 Å².